The average molecular weight is 387 g/mol. The number of Topliss-reactive ketones (excluding diaryl/α,β-unsaturated/α-hetero) is 1. The van der Waals surface area contributed by atoms with Gasteiger partial charge >= 0.3 is 12.2 Å². The number of hydrogen-bond acceptors (Lipinski definition) is 6. The number of ketones is 1. The number of hydrogen-bond donors (Lipinski definition) is 1. The fraction of sp³-hybridized carbons (Fsp3) is 0.500. The second-order valence-corrected chi connectivity index (χ2v) is 8.56. The maximum absolute atomic E-state index is 13.1. The first-order valence-corrected chi connectivity index (χ1v) is 8.86. The molecule has 2 rings (SSSR count). The van der Waals surface area contributed by atoms with Gasteiger partial charge in [-0.3, -0.25) is 4.79 Å². The van der Waals surface area contributed by atoms with Crippen molar-refractivity contribution in [1.29, 1.82) is 5.26 Å². The van der Waals surface area contributed by atoms with Crippen LogP contribution < -0.4 is 5.43 Å². The molecule has 0 radical (unpaired) electrons. The van der Waals surface area contributed by atoms with Crippen LogP contribution in [0.15, 0.2) is 24.3 Å². The van der Waals surface area contributed by atoms with Gasteiger partial charge in [-0.1, -0.05) is 24.3 Å². The Morgan fingerprint density at radius 2 is 1.68 bits per heavy atom. The lowest BCUT2D eigenvalue weighted by molar-refractivity contribution is -0.0161. The van der Waals surface area contributed by atoms with Gasteiger partial charge in [-0.15, -0.1) is 0 Å². The molecule has 1 aromatic carbocycles. The highest BCUT2D eigenvalue weighted by atomic mass is 16.6. The predicted molar refractivity (Wildman–Crippen MR) is 100 cm³/mol. The third kappa shape index (κ3) is 4.42. The number of nitrogens with one attached hydrogen (secondary N) is 1. The number of fused-ring (bicyclic) bond motifs is 1. The Kier molecular flexibility index (Phi) is 5.42. The van der Waals surface area contributed by atoms with Crippen LogP contribution in [0.4, 0.5) is 9.59 Å². The molecule has 150 valence electrons. The molecule has 1 aliphatic carbocycles. The first-order valence-electron chi connectivity index (χ1n) is 8.86. The van der Waals surface area contributed by atoms with Gasteiger partial charge in [-0.05, 0) is 47.1 Å². The molecule has 0 saturated heterocycles. The van der Waals surface area contributed by atoms with Crippen molar-refractivity contribution in [2.75, 3.05) is 0 Å². The van der Waals surface area contributed by atoms with E-state index in [0.29, 0.717) is 16.1 Å². The summed E-state index contributed by atoms with van der Waals surface area (Å²) in [5.74, 6) is -0.590. The Hall–Kier alpha value is -3.08. The van der Waals surface area contributed by atoms with Crippen molar-refractivity contribution < 1.29 is 23.9 Å². The molecule has 1 aromatic rings. The van der Waals surface area contributed by atoms with Gasteiger partial charge < -0.3 is 9.47 Å². The second-order valence-electron chi connectivity index (χ2n) is 8.56. The third-order valence-corrected chi connectivity index (χ3v) is 3.83. The van der Waals surface area contributed by atoms with Crippen molar-refractivity contribution >= 4 is 18.0 Å². The zero-order valence-corrected chi connectivity index (χ0v) is 17.0. The summed E-state index contributed by atoms with van der Waals surface area (Å²) in [4.78, 5) is 38.2. The third-order valence-electron chi connectivity index (χ3n) is 3.83. The van der Waals surface area contributed by atoms with E-state index in [1.165, 1.54) is 0 Å². The minimum absolute atomic E-state index is 0.0758. The Bertz CT molecular complexity index is 845. The molecule has 8 nitrogen and oxygen atoms in total. The van der Waals surface area contributed by atoms with Gasteiger partial charge in [0.2, 0.25) is 11.3 Å². The maximum Gasteiger partial charge on any atom is 0.431 e. The largest absolute Gasteiger partial charge is 0.443 e. The fourth-order valence-electron chi connectivity index (χ4n) is 2.79. The first-order chi connectivity index (χ1) is 12.8. The van der Waals surface area contributed by atoms with E-state index in [0.717, 1.165) is 0 Å². The van der Waals surface area contributed by atoms with E-state index >= 15 is 0 Å². The molecule has 0 bridgehead atoms. The number of carbonyl (C=O) groups excluding carboxylic acids is 3. The summed E-state index contributed by atoms with van der Waals surface area (Å²) in [6, 6.07) is 8.60. The highest BCUT2D eigenvalue weighted by Crippen LogP contribution is 2.34. The Balaban J connectivity index is 2.45. The number of nitriles is 1. The quantitative estimate of drug-likeness (QED) is 0.740. The number of carbonyl (C=O) groups is 3. The molecule has 1 aliphatic rings. The van der Waals surface area contributed by atoms with E-state index in [4.69, 9.17) is 9.47 Å². The summed E-state index contributed by atoms with van der Waals surface area (Å²) in [6.45, 7) is 9.88. The Morgan fingerprint density at radius 3 is 2.18 bits per heavy atom. The number of amides is 2. The SMILES string of the molecule is CC(C)(C)OC(=O)NN(C(=O)OC(C)(C)C)C1(C#N)Cc2ccccc2C1=O. The zero-order chi connectivity index (χ0) is 21.3. The van der Waals surface area contributed by atoms with Crippen molar-refractivity contribution in [1.82, 2.24) is 10.4 Å². The Labute approximate surface area is 164 Å². The molecule has 0 fully saturated rings. The zero-order valence-electron chi connectivity index (χ0n) is 17.0. The van der Waals surface area contributed by atoms with Crippen LogP contribution in [0.2, 0.25) is 0 Å². The molecule has 1 unspecified atom stereocenters. The molecule has 2 amide bonds. The van der Waals surface area contributed by atoms with Crippen LogP contribution >= 0.6 is 0 Å². The molecule has 28 heavy (non-hydrogen) atoms. The van der Waals surface area contributed by atoms with E-state index in [2.05, 4.69) is 5.43 Å². The summed E-state index contributed by atoms with van der Waals surface area (Å²) in [5.41, 5.74) is -0.540. The van der Waals surface area contributed by atoms with Gasteiger partial charge in [-0.2, -0.15) is 10.3 Å². The van der Waals surface area contributed by atoms with Crippen LogP contribution in [-0.4, -0.2) is 39.7 Å². The smallest absolute Gasteiger partial charge is 0.431 e. The van der Waals surface area contributed by atoms with Crippen LogP contribution in [0.5, 0.6) is 0 Å². The molecular formula is C20H25N3O5. The van der Waals surface area contributed by atoms with Crippen molar-refractivity contribution in [2.24, 2.45) is 0 Å². The van der Waals surface area contributed by atoms with Gasteiger partial charge in [-0.25, -0.2) is 15.0 Å². The van der Waals surface area contributed by atoms with Crippen LogP contribution in [0.25, 0.3) is 0 Å². The molecule has 0 saturated carbocycles. The molecule has 8 heteroatoms. The van der Waals surface area contributed by atoms with Crippen LogP contribution in [0.1, 0.15) is 57.5 Å². The fourth-order valence-corrected chi connectivity index (χ4v) is 2.79. The number of nitrogens with zero attached hydrogens (tertiary/aromatic N) is 2. The van der Waals surface area contributed by atoms with E-state index in [1.807, 2.05) is 6.07 Å². The summed E-state index contributed by atoms with van der Waals surface area (Å²) < 4.78 is 10.5. The number of rotatable bonds is 1. The molecule has 0 aromatic heterocycles. The molecule has 1 atom stereocenters. The van der Waals surface area contributed by atoms with Crippen molar-refractivity contribution in [3.63, 3.8) is 0 Å². The van der Waals surface area contributed by atoms with Gasteiger partial charge in [0.1, 0.15) is 17.3 Å². The van der Waals surface area contributed by atoms with Crippen LogP contribution in [0, 0.1) is 11.3 Å². The second kappa shape index (κ2) is 7.15. The lowest BCUT2D eigenvalue weighted by atomic mass is 9.95. The molecule has 0 heterocycles. The lowest BCUT2D eigenvalue weighted by Gasteiger charge is -2.35. The van der Waals surface area contributed by atoms with Gasteiger partial charge in [0, 0.05) is 12.0 Å². The first kappa shape index (κ1) is 21.2. The highest BCUT2D eigenvalue weighted by Gasteiger charge is 2.55. The summed E-state index contributed by atoms with van der Waals surface area (Å²) in [5, 5.41) is 10.6. The number of benzene rings is 1. The lowest BCUT2D eigenvalue weighted by Crippen LogP contribution is -2.63. The van der Waals surface area contributed by atoms with Crippen LogP contribution in [-0.2, 0) is 15.9 Å². The van der Waals surface area contributed by atoms with Gasteiger partial charge in [0.25, 0.3) is 0 Å². The molecule has 1 N–H and O–H groups in total. The molecular weight excluding hydrogens is 362 g/mol. The molecule has 0 aliphatic heterocycles. The number of ether oxygens (including phenoxy) is 2. The van der Waals surface area contributed by atoms with E-state index in [1.54, 1.807) is 65.8 Å². The van der Waals surface area contributed by atoms with E-state index < -0.39 is 34.7 Å². The predicted octanol–water partition coefficient (Wildman–Crippen LogP) is 3.36. The summed E-state index contributed by atoms with van der Waals surface area (Å²) in [7, 11) is 0. The highest BCUT2D eigenvalue weighted by molar-refractivity contribution is 6.11. The Morgan fingerprint density at radius 1 is 1.11 bits per heavy atom. The van der Waals surface area contributed by atoms with Gasteiger partial charge in [0.15, 0.2) is 0 Å². The minimum Gasteiger partial charge on any atom is -0.443 e. The van der Waals surface area contributed by atoms with Gasteiger partial charge in [0.05, 0.1) is 0 Å². The monoisotopic (exact) mass is 387 g/mol. The van der Waals surface area contributed by atoms with Crippen LogP contribution in [0.3, 0.4) is 0 Å². The van der Waals surface area contributed by atoms with Crippen molar-refractivity contribution in [2.45, 2.75) is 64.7 Å². The maximum atomic E-state index is 13.1. The van der Waals surface area contributed by atoms with E-state index in [9.17, 15) is 19.6 Å². The normalized spacial score (nSPS) is 18.7. The standard InChI is InChI=1S/C20H25N3O5/c1-18(2,3)27-16(25)22-23(17(26)28-19(4,5)6)20(12-21)11-13-9-7-8-10-14(13)15(20)24/h7-10H,11H2,1-6H3,(H,22,25). The average Bonchev–Trinajstić information content (AvgIpc) is 2.83. The van der Waals surface area contributed by atoms with Crippen molar-refractivity contribution in [3.8, 4) is 6.07 Å². The topological polar surface area (TPSA) is 109 Å². The minimum atomic E-state index is -1.97. The number of hydrazine groups is 1. The summed E-state index contributed by atoms with van der Waals surface area (Å²) >= 11 is 0. The summed E-state index contributed by atoms with van der Waals surface area (Å²) in [6.07, 6.45) is -2.08. The van der Waals surface area contributed by atoms with E-state index in [-0.39, 0.29) is 6.42 Å². The molecule has 0 spiro atoms. The van der Waals surface area contributed by atoms with Crippen molar-refractivity contribution in [3.05, 3.63) is 35.4 Å².